The Labute approximate surface area is 121 Å². The van der Waals surface area contributed by atoms with E-state index in [0.717, 1.165) is 12.8 Å². The van der Waals surface area contributed by atoms with E-state index in [9.17, 15) is 8.78 Å². The van der Waals surface area contributed by atoms with Crippen LogP contribution in [0.5, 0.6) is 5.75 Å². The predicted molar refractivity (Wildman–Crippen MR) is 73.8 cm³/mol. The minimum Gasteiger partial charge on any atom is -0.482 e. The molecule has 114 valence electrons. The Bertz CT molecular complexity index is 530. The van der Waals surface area contributed by atoms with E-state index < -0.39 is 12.0 Å². The molecule has 0 spiro atoms. The zero-order valence-electron chi connectivity index (χ0n) is 11.6. The number of nitrogen functional groups attached to an aromatic ring is 1. The van der Waals surface area contributed by atoms with Crippen molar-refractivity contribution in [2.45, 2.75) is 37.3 Å². The largest absolute Gasteiger partial charge is 0.482 e. The van der Waals surface area contributed by atoms with Crippen molar-refractivity contribution in [2.24, 2.45) is 5.73 Å². The molecule has 0 aromatic carbocycles. The lowest BCUT2D eigenvalue weighted by Gasteiger charge is -2.38. The van der Waals surface area contributed by atoms with Gasteiger partial charge in [0.1, 0.15) is 17.3 Å². The van der Waals surface area contributed by atoms with Crippen LogP contribution in [0.15, 0.2) is 18.3 Å². The number of halogens is 2. The van der Waals surface area contributed by atoms with Crippen LogP contribution in [0.2, 0.25) is 0 Å². The molecule has 2 aliphatic rings. The summed E-state index contributed by atoms with van der Waals surface area (Å²) in [6, 6.07) is 3.36. The maximum atomic E-state index is 14.2. The first-order chi connectivity index (χ1) is 9.95. The third-order valence-electron chi connectivity index (χ3n) is 3.92. The standard InChI is InChI=1S/C14H18F2N4O/c15-14(16)8-20(9-1-2-9)6-5-12(14)21-10-3-4-11(13(17)18)19-7-10/h3-4,7,9,12H,1-2,5-6,8H2,(H3,17,18). The summed E-state index contributed by atoms with van der Waals surface area (Å²) in [5, 5.41) is 7.24. The van der Waals surface area contributed by atoms with Crippen LogP contribution in [0.3, 0.4) is 0 Å². The predicted octanol–water partition coefficient (Wildman–Crippen LogP) is 1.62. The normalized spacial score (nSPS) is 25.5. The summed E-state index contributed by atoms with van der Waals surface area (Å²) in [5.41, 5.74) is 5.60. The lowest BCUT2D eigenvalue weighted by atomic mass is 10.0. The number of hydrogen-bond donors (Lipinski definition) is 2. The fourth-order valence-electron chi connectivity index (χ4n) is 2.62. The highest BCUT2D eigenvalue weighted by Crippen LogP contribution is 2.36. The third-order valence-corrected chi connectivity index (χ3v) is 3.92. The SMILES string of the molecule is N=C(N)c1ccc(OC2CCN(C3CC3)CC2(F)F)cn1. The molecule has 1 saturated carbocycles. The number of likely N-dealkylation sites (tertiary alicyclic amines) is 1. The van der Waals surface area contributed by atoms with Crippen LogP contribution in [0, 0.1) is 5.41 Å². The first-order valence-corrected chi connectivity index (χ1v) is 7.05. The second-order valence-corrected chi connectivity index (χ2v) is 5.65. The maximum Gasteiger partial charge on any atom is 0.296 e. The van der Waals surface area contributed by atoms with Crippen LogP contribution < -0.4 is 10.5 Å². The molecular formula is C14H18F2N4O. The number of nitrogens with one attached hydrogen (secondary N) is 1. The van der Waals surface area contributed by atoms with E-state index in [-0.39, 0.29) is 18.1 Å². The molecule has 0 amide bonds. The Morgan fingerprint density at radius 3 is 2.67 bits per heavy atom. The highest BCUT2D eigenvalue weighted by Gasteiger charge is 2.49. The van der Waals surface area contributed by atoms with Gasteiger partial charge in [-0.2, -0.15) is 0 Å². The van der Waals surface area contributed by atoms with Crippen molar-refractivity contribution in [1.29, 1.82) is 5.41 Å². The molecule has 1 unspecified atom stereocenters. The molecule has 1 aliphatic carbocycles. The summed E-state index contributed by atoms with van der Waals surface area (Å²) >= 11 is 0. The number of nitrogens with zero attached hydrogens (tertiary/aromatic N) is 2. The number of nitrogens with two attached hydrogens (primary N) is 1. The van der Waals surface area contributed by atoms with Gasteiger partial charge in [-0.05, 0) is 25.0 Å². The lowest BCUT2D eigenvalue weighted by Crippen LogP contribution is -2.54. The van der Waals surface area contributed by atoms with E-state index in [1.54, 1.807) is 0 Å². The van der Waals surface area contributed by atoms with Crippen LogP contribution >= 0.6 is 0 Å². The molecular weight excluding hydrogens is 278 g/mol. The topological polar surface area (TPSA) is 75.2 Å². The molecule has 2 fully saturated rings. The van der Waals surface area contributed by atoms with Gasteiger partial charge in [-0.15, -0.1) is 0 Å². The van der Waals surface area contributed by atoms with Crippen molar-refractivity contribution < 1.29 is 13.5 Å². The second kappa shape index (κ2) is 5.22. The van der Waals surface area contributed by atoms with Crippen molar-refractivity contribution in [2.75, 3.05) is 13.1 Å². The molecule has 7 heteroatoms. The number of amidine groups is 1. The van der Waals surface area contributed by atoms with Gasteiger partial charge in [-0.1, -0.05) is 0 Å². The molecule has 2 heterocycles. The Balaban J connectivity index is 1.65. The molecule has 0 radical (unpaired) electrons. The average molecular weight is 296 g/mol. The number of hydrogen-bond acceptors (Lipinski definition) is 4. The zero-order valence-corrected chi connectivity index (χ0v) is 11.6. The van der Waals surface area contributed by atoms with Crippen molar-refractivity contribution >= 4 is 5.84 Å². The first kappa shape index (κ1) is 14.2. The summed E-state index contributed by atoms with van der Waals surface area (Å²) in [7, 11) is 0. The first-order valence-electron chi connectivity index (χ1n) is 7.05. The highest BCUT2D eigenvalue weighted by molar-refractivity contribution is 5.92. The van der Waals surface area contributed by atoms with Crippen LogP contribution in [0.1, 0.15) is 25.0 Å². The Hall–Kier alpha value is -1.76. The molecule has 1 aromatic heterocycles. The lowest BCUT2D eigenvalue weighted by molar-refractivity contribution is -0.141. The highest BCUT2D eigenvalue weighted by atomic mass is 19.3. The van der Waals surface area contributed by atoms with E-state index in [4.69, 9.17) is 15.9 Å². The fourth-order valence-corrected chi connectivity index (χ4v) is 2.62. The minimum absolute atomic E-state index is 0.162. The van der Waals surface area contributed by atoms with Crippen LogP contribution in [0.25, 0.3) is 0 Å². The zero-order chi connectivity index (χ0) is 15.0. The number of alkyl halides is 2. The number of aromatic nitrogens is 1. The van der Waals surface area contributed by atoms with E-state index in [2.05, 4.69) is 4.98 Å². The number of rotatable bonds is 4. The van der Waals surface area contributed by atoms with E-state index in [1.807, 2.05) is 4.90 Å². The molecule has 1 saturated heterocycles. The van der Waals surface area contributed by atoms with Crippen molar-refractivity contribution in [3.05, 3.63) is 24.0 Å². The average Bonchev–Trinajstić information content (AvgIpc) is 3.26. The Morgan fingerprint density at radius 1 is 1.38 bits per heavy atom. The monoisotopic (exact) mass is 296 g/mol. The number of piperidine rings is 1. The number of ether oxygens (including phenoxy) is 1. The minimum atomic E-state index is -2.86. The van der Waals surface area contributed by atoms with Crippen molar-refractivity contribution in [3.63, 3.8) is 0 Å². The fraction of sp³-hybridized carbons (Fsp3) is 0.571. The van der Waals surface area contributed by atoms with Crippen LogP contribution in [0.4, 0.5) is 8.78 Å². The molecule has 3 rings (SSSR count). The quantitative estimate of drug-likeness (QED) is 0.654. The van der Waals surface area contributed by atoms with Gasteiger partial charge in [-0.3, -0.25) is 10.3 Å². The third kappa shape index (κ3) is 3.12. The smallest absolute Gasteiger partial charge is 0.296 e. The van der Waals surface area contributed by atoms with Crippen LogP contribution in [-0.4, -0.2) is 46.9 Å². The van der Waals surface area contributed by atoms with Gasteiger partial charge in [0.05, 0.1) is 12.7 Å². The van der Waals surface area contributed by atoms with E-state index in [0.29, 0.717) is 24.7 Å². The van der Waals surface area contributed by atoms with Gasteiger partial charge in [-0.25, -0.2) is 13.8 Å². The van der Waals surface area contributed by atoms with Gasteiger partial charge in [0.2, 0.25) is 0 Å². The number of pyridine rings is 1. The maximum absolute atomic E-state index is 14.2. The molecule has 1 aromatic rings. The molecule has 5 nitrogen and oxygen atoms in total. The molecule has 3 N–H and O–H groups in total. The van der Waals surface area contributed by atoms with Gasteiger partial charge < -0.3 is 10.5 Å². The van der Waals surface area contributed by atoms with Gasteiger partial charge >= 0.3 is 0 Å². The van der Waals surface area contributed by atoms with Crippen molar-refractivity contribution in [3.8, 4) is 5.75 Å². The van der Waals surface area contributed by atoms with Gasteiger partial charge in [0, 0.05) is 19.0 Å². The molecule has 1 aliphatic heterocycles. The van der Waals surface area contributed by atoms with Crippen LogP contribution in [-0.2, 0) is 0 Å². The molecule has 1 atom stereocenters. The van der Waals surface area contributed by atoms with Gasteiger partial charge in [0.15, 0.2) is 6.10 Å². The van der Waals surface area contributed by atoms with Gasteiger partial charge in [0.25, 0.3) is 5.92 Å². The van der Waals surface area contributed by atoms with E-state index >= 15 is 0 Å². The Morgan fingerprint density at radius 2 is 2.14 bits per heavy atom. The van der Waals surface area contributed by atoms with Crippen molar-refractivity contribution in [1.82, 2.24) is 9.88 Å². The molecule has 0 bridgehead atoms. The summed E-state index contributed by atoms with van der Waals surface area (Å²) in [5.74, 6) is -2.74. The summed E-state index contributed by atoms with van der Waals surface area (Å²) in [4.78, 5) is 5.77. The molecule has 21 heavy (non-hydrogen) atoms. The summed E-state index contributed by atoms with van der Waals surface area (Å²) in [6.45, 7) is 0.408. The van der Waals surface area contributed by atoms with E-state index in [1.165, 1.54) is 18.3 Å². The second-order valence-electron chi connectivity index (χ2n) is 5.65. The summed E-state index contributed by atoms with van der Waals surface area (Å²) in [6.07, 6.45) is 2.56. The summed E-state index contributed by atoms with van der Waals surface area (Å²) < 4.78 is 33.7. The Kier molecular flexibility index (Phi) is 3.52.